The van der Waals surface area contributed by atoms with Crippen LogP contribution in [0.3, 0.4) is 0 Å². The summed E-state index contributed by atoms with van der Waals surface area (Å²) >= 11 is 1.30. The predicted octanol–water partition coefficient (Wildman–Crippen LogP) is 1.39. The van der Waals surface area contributed by atoms with Gasteiger partial charge in [-0.25, -0.2) is 9.78 Å². The van der Waals surface area contributed by atoms with E-state index in [0.29, 0.717) is 5.82 Å². The minimum Gasteiger partial charge on any atom is -0.467 e. The maximum absolute atomic E-state index is 11.7. The topological polar surface area (TPSA) is 64.5 Å². The molecule has 2 rings (SSSR count). The molecule has 7 heteroatoms. The van der Waals surface area contributed by atoms with E-state index in [-0.39, 0.29) is 18.1 Å². The molecule has 6 nitrogen and oxygen atoms in total. The van der Waals surface area contributed by atoms with E-state index in [4.69, 9.17) is 9.47 Å². The minimum absolute atomic E-state index is 0.130. The van der Waals surface area contributed by atoms with Crippen molar-refractivity contribution in [2.24, 2.45) is 0 Å². The number of hydrogen-bond acceptors (Lipinski definition) is 7. The van der Waals surface area contributed by atoms with Crippen LogP contribution in [0.2, 0.25) is 0 Å². The summed E-state index contributed by atoms with van der Waals surface area (Å²) in [4.78, 5) is 18.1. The van der Waals surface area contributed by atoms with Crippen molar-refractivity contribution in [1.82, 2.24) is 9.36 Å². The summed E-state index contributed by atoms with van der Waals surface area (Å²) in [5.41, 5.74) is 0. The molecule has 0 amide bonds. The molecule has 0 aromatic carbocycles. The molecule has 0 spiro atoms. The number of ether oxygens (including phenoxy) is 2. The Kier molecular flexibility index (Phi) is 4.13. The zero-order valence-electron chi connectivity index (χ0n) is 10.8. The van der Waals surface area contributed by atoms with E-state index in [9.17, 15) is 4.79 Å². The number of aromatic nitrogens is 2. The molecule has 0 radical (unpaired) electrons. The third-order valence-electron chi connectivity index (χ3n) is 3.12. The van der Waals surface area contributed by atoms with Crippen molar-refractivity contribution < 1.29 is 14.3 Å². The molecular formula is C11H17N3O3S. The molecule has 1 aliphatic heterocycles. The van der Waals surface area contributed by atoms with Crippen molar-refractivity contribution in [3.8, 4) is 0 Å². The largest absolute Gasteiger partial charge is 0.467 e. The van der Waals surface area contributed by atoms with Gasteiger partial charge in [0, 0.05) is 25.2 Å². The minimum atomic E-state index is -0.228. The molecule has 0 saturated carbocycles. The van der Waals surface area contributed by atoms with Crippen LogP contribution in [0.5, 0.6) is 0 Å². The van der Waals surface area contributed by atoms with Crippen LogP contribution in [0.25, 0.3) is 0 Å². The highest BCUT2D eigenvalue weighted by Gasteiger charge is 2.33. The lowest BCUT2D eigenvalue weighted by Gasteiger charge is -2.20. The smallest absolute Gasteiger partial charge is 0.328 e. The van der Waals surface area contributed by atoms with Gasteiger partial charge in [-0.15, -0.1) is 0 Å². The van der Waals surface area contributed by atoms with Crippen molar-refractivity contribution >= 4 is 22.6 Å². The predicted molar refractivity (Wildman–Crippen MR) is 67.7 cm³/mol. The first-order valence-corrected chi connectivity index (χ1v) is 6.65. The van der Waals surface area contributed by atoms with E-state index in [1.54, 1.807) is 7.11 Å². The van der Waals surface area contributed by atoms with Gasteiger partial charge in [0.2, 0.25) is 5.13 Å². The molecule has 2 heterocycles. The monoisotopic (exact) mass is 271 g/mol. The van der Waals surface area contributed by atoms with Gasteiger partial charge in [-0.1, -0.05) is 0 Å². The molecule has 1 aliphatic rings. The van der Waals surface area contributed by atoms with Crippen molar-refractivity contribution in [1.29, 1.82) is 0 Å². The first-order chi connectivity index (χ1) is 8.67. The highest BCUT2D eigenvalue weighted by molar-refractivity contribution is 7.09. The Labute approximate surface area is 110 Å². The summed E-state index contributed by atoms with van der Waals surface area (Å²) in [7, 11) is 3.04. The van der Waals surface area contributed by atoms with Gasteiger partial charge in [0.05, 0.1) is 7.11 Å². The number of carbonyl (C=O) groups is 1. The molecule has 2 unspecified atom stereocenters. The highest BCUT2D eigenvalue weighted by Crippen LogP contribution is 2.29. The molecule has 1 aromatic rings. The number of esters is 1. The number of hydrogen-bond donors (Lipinski definition) is 0. The third-order valence-corrected chi connectivity index (χ3v) is 3.89. The molecule has 100 valence electrons. The standard InChI is InChI=1S/C11H17N3O3S/c1-7(16-2)9-12-11(18-13-9)14-6-4-5-8(14)10(15)17-3/h7-8H,4-6H2,1-3H3. The van der Waals surface area contributed by atoms with Crippen molar-refractivity contribution in [3.63, 3.8) is 0 Å². The van der Waals surface area contributed by atoms with Gasteiger partial charge < -0.3 is 14.4 Å². The summed E-state index contributed by atoms with van der Waals surface area (Å²) in [5, 5.41) is 0.766. The first kappa shape index (κ1) is 13.2. The zero-order chi connectivity index (χ0) is 13.1. The average Bonchev–Trinajstić information content (AvgIpc) is 3.04. The number of methoxy groups -OCH3 is 2. The second-order valence-electron chi connectivity index (χ2n) is 4.19. The molecule has 2 atom stereocenters. The van der Waals surface area contributed by atoms with E-state index < -0.39 is 0 Å². The number of rotatable bonds is 4. The number of anilines is 1. The summed E-state index contributed by atoms with van der Waals surface area (Å²) < 4.78 is 14.3. The van der Waals surface area contributed by atoms with E-state index in [2.05, 4.69) is 9.36 Å². The zero-order valence-corrected chi connectivity index (χ0v) is 11.6. The first-order valence-electron chi connectivity index (χ1n) is 5.88. The molecule has 0 bridgehead atoms. The Bertz CT molecular complexity index is 423. The number of carbonyl (C=O) groups excluding carboxylic acids is 1. The van der Waals surface area contributed by atoms with Crippen LogP contribution in [0.15, 0.2) is 0 Å². The lowest BCUT2D eigenvalue weighted by Crippen LogP contribution is -2.36. The van der Waals surface area contributed by atoms with Crippen LogP contribution in [0.4, 0.5) is 5.13 Å². The summed E-state index contributed by atoms with van der Waals surface area (Å²) in [5.74, 6) is 0.456. The Hall–Kier alpha value is -1.21. The quantitative estimate of drug-likeness (QED) is 0.771. The van der Waals surface area contributed by atoms with Gasteiger partial charge >= 0.3 is 5.97 Å². The highest BCUT2D eigenvalue weighted by atomic mass is 32.1. The maximum Gasteiger partial charge on any atom is 0.328 e. The van der Waals surface area contributed by atoms with Gasteiger partial charge in [0.15, 0.2) is 5.82 Å². The lowest BCUT2D eigenvalue weighted by molar-refractivity contribution is -0.141. The normalized spacial score (nSPS) is 21.1. The molecule has 0 aliphatic carbocycles. The van der Waals surface area contributed by atoms with E-state index in [1.165, 1.54) is 18.6 Å². The fourth-order valence-corrected chi connectivity index (χ4v) is 2.81. The Balaban J connectivity index is 2.15. The summed E-state index contributed by atoms with van der Waals surface area (Å²) in [6, 6.07) is -0.228. The van der Waals surface area contributed by atoms with Crippen molar-refractivity contribution in [3.05, 3.63) is 5.82 Å². The van der Waals surface area contributed by atoms with Crippen LogP contribution >= 0.6 is 11.5 Å². The number of nitrogens with zero attached hydrogens (tertiary/aromatic N) is 3. The van der Waals surface area contributed by atoms with Crippen LogP contribution in [0.1, 0.15) is 31.7 Å². The van der Waals surface area contributed by atoms with E-state index >= 15 is 0 Å². The summed E-state index contributed by atoms with van der Waals surface area (Å²) in [6.45, 7) is 2.71. The second kappa shape index (κ2) is 5.62. The SMILES string of the molecule is COC(=O)C1CCCN1c1nc(C(C)OC)ns1. The van der Waals surface area contributed by atoms with Gasteiger partial charge in [0.25, 0.3) is 0 Å². The van der Waals surface area contributed by atoms with Gasteiger partial charge in [-0.3, -0.25) is 0 Å². The molecular weight excluding hydrogens is 254 g/mol. The molecule has 18 heavy (non-hydrogen) atoms. The van der Waals surface area contributed by atoms with E-state index in [0.717, 1.165) is 24.5 Å². The Morgan fingerprint density at radius 2 is 2.33 bits per heavy atom. The van der Waals surface area contributed by atoms with Crippen LogP contribution < -0.4 is 4.90 Å². The maximum atomic E-state index is 11.7. The molecule has 1 aromatic heterocycles. The van der Waals surface area contributed by atoms with E-state index in [1.807, 2.05) is 11.8 Å². The van der Waals surface area contributed by atoms with Gasteiger partial charge in [0.1, 0.15) is 12.1 Å². The second-order valence-corrected chi connectivity index (χ2v) is 4.92. The van der Waals surface area contributed by atoms with Crippen LogP contribution in [-0.4, -0.2) is 42.1 Å². The van der Waals surface area contributed by atoms with Crippen LogP contribution in [0, 0.1) is 0 Å². The summed E-state index contributed by atoms with van der Waals surface area (Å²) in [6.07, 6.45) is 1.64. The van der Waals surface area contributed by atoms with Gasteiger partial charge in [-0.05, 0) is 19.8 Å². The molecule has 1 fully saturated rings. The van der Waals surface area contributed by atoms with Crippen molar-refractivity contribution in [2.75, 3.05) is 25.7 Å². The molecule has 0 N–H and O–H groups in total. The molecule has 1 saturated heterocycles. The Morgan fingerprint density at radius 1 is 1.56 bits per heavy atom. The fraction of sp³-hybridized carbons (Fsp3) is 0.727. The van der Waals surface area contributed by atoms with Gasteiger partial charge in [-0.2, -0.15) is 4.37 Å². The third kappa shape index (κ3) is 2.46. The average molecular weight is 271 g/mol. The lowest BCUT2D eigenvalue weighted by atomic mass is 10.2. The fourth-order valence-electron chi connectivity index (χ4n) is 1.99. The van der Waals surface area contributed by atoms with Crippen LogP contribution in [-0.2, 0) is 14.3 Å². The van der Waals surface area contributed by atoms with Crippen molar-refractivity contribution in [2.45, 2.75) is 31.9 Å². The Morgan fingerprint density at radius 3 is 3.00 bits per heavy atom.